The molecular formula is C19H23ClN2O3S. The minimum Gasteiger partial charge on any atom is -0.345 e. The van der Waals surface area contributed by atoms with Gasteiger partial charge in [-0.25, -0.2) is 8.42 Å². The normalized spacial score (nSPS) is 12.5. The Morgan fingerprint density at radius 3 is 2.38 bits per heavy atom. The van der Waals surface area contributed by atoms with Crippen LogP contribution in [0.5, 0.6) is 0 Å². The molecule has 0 spiro atoms. The van der Waals surface area contributed by atoms with Gasteiger partial charge in [-0.15, -0.1) is 0 Å². The number of aryl methyl sites for hydroxylation is 2. The zero-order valence-electron chi connectivity index (χ0n) is 15.5. The molecular weight excluding hydrogens is 372 g/mol. The second-order valence-electron chi connectivity index (χ2n) is 6.45. The van der Waals surface area contributed by atoms with Crippen molar-refractivity contribution in [1.82, 2.24) is 5.32 Å². The summed E-state index contributed by atoms with van der Waals surface area (Å²) in [7, 11) is -2.00. The molecule has 1 amide bonds. The highest BCUT2D eigenvalue weighted by atomic mass is 35.5. The highest BCUT2D eigenvalue weighted by molar-refractivity contribution is 7.92. The van der Waals surface area contributed by atoms with Gasteiger partial charge in [-0.05, 0) is 50.1 Å². The van der Waals surface area contributed by atoms with Crippen LogP contribution < -0.4 is 9.62 Å². The molecule has 26 heavy (non-hydrogen) atoms. The van der Waals surface area contributed by atoms with Gasteiger partial charge in [0.1, 0.15) is 0 Å². The first-order valence-corrected chi connectivity index (χ1v) is 10.3. The van der Waals surface area contributed by atoms with Crippen molar-refractivity contribution in [1.29, 1.82) is 0 Å². The molecule has 140 valence electrons. The molecule has 0 radical (unpaired) electrons. The molecule has 7 heteroatoms. The summed E-state index contributed by atoms with van der Waals surface area (Å²) < 4.78 is 24.5. The zero-order valence-corrected chi connectivity index (χ0v) is 17.1. The molecule has 0 fully saturated rings. The van der Waals surface area contributed by atoms with E-state index in [-0.39, 0.29) is 22.5 Å². The average Bonchev–Trinajstić information content (AvgIpc) is 2.53. The minimum atomic E-state index is -3.43. The Kier molecular flexibility index (Phi) is 5.98. The number of benzene rings is 2. The summed E-state index contributed by atoms with van der Waals surface area (Å²) in [6, 6.07) is 10.4. The number of rotatable bonds is 5. The number of carbonyl (C=O) groups is 1. The van der Waals surface area contributed by atoms with Crippen LogP contribution in [0, 0.1) is 13.8 Å². The largest absolute Gasteiger partial charge is 0.345 e. The average molecular weight is 395 g/mol. The summed E-state index contributed by atoms with van der Waals surface area (Å²) in [6.45, 7) is 5.92. The first-order chi connectivity index (χ1) is 12.0. The molecule has 0 aromatic heterocycles. The van der Waals surface area contributed by atoms with Crippen LogP contribution in [-0.2, 0) is 10.0 Å². The van der Waals surface area contributed by atoms with Crippen molar-refractivity contribution < 1.29 is 13.2 Å². The van der Waals surface area contributed by atoms with Gasteiger partial charge in [0, 0.05) is 7.05 Å². The molecule has 1 atom stereocenters. The van der Waals surface area contributed by atoms with Gasteiger partial charge in [-0.2, -0.15) is 0 Å². The van der Waals surface area contributed by atoms with Crippen LogP contribution in [0.2, 0.25) is 5.02 Å². The van der Waals surface area contributed by atoms with E-state index in [0.717, 1.165) is 27.3 Å². The fraction of sp³-hybridized carbons (Fsp3) is 0.316. The third-order valence-electron chi connectivity index (χ3n) is 4.30. The molecule has 2 aromatic rings. The van der Waals surface area contributed by atoms with E-state index in [9.17, 15) is 13.2 Å². The first-order valence-electron chi connectivity index (χ1n) is 8.12. The van der Waals surface area contributed by atoms with Gasteiger partial charge >= 0.3 is 0 Å². The molecule has 1 N–H and O–H groups in total. The Labute approximate surface area is 160 Å². The summed E-state index contributed by atoms with van der Waals surface area (Å²) in [4.78, 5) is 12.7. The molecule has 0 aliphatic carbocycles. The predicted molar refractivity (Wildman–Crippen MR) is 106 cm³/mol. The highest BCUT2D eigenvalue weighted by Gasteiger charge is 2.19. The predicted octanol–water partition coefficient (Wildman–Crippen LogP) is 3.84. The van der Waals surface area contributed by atoms with Gasteiger partial charge in [0.25, 0.3) is 5.91 Å². The van der Waals surface area contributed by atoms with Crippen LogP contribution in [0.4, 0.5) is 5.69 Å². The Morgan fingerprint density at radius 1 is 1.15 bits per heavy atom. The number of nitrogens with one attached hydrogen (secondary N) is 1. The van der Waals surface area contributed by atoms with Crippen molar-refractivity contribution in [2.24, 2.45) is 0 Å². The number of hydrogen-bond acceptors (Lipinski definition) is 3. The van der Waals surface area contributed by atoms with Crippen molar-refractivity contribution in [2.45, 2.75) is 26.8 Å². The highest BCUT2D eigenvalue weighted by Crippen LogP contribution is 2.25. The van der Waals surface area contributed by atoms with Crippen LogP contribution in [0.1, 0.15) is 40.0 Å². The third-order valence-corrected chi connectivity index (χ3v) is 5.83. The fourth-order valence-corrected chi connectivity index (χ4v) is 3.44. The van der Waals surface area contributed by atoms with Gasteiger partial charge < -0.3 is 5.32 Å². The van der Waals surface area contributed by atoms with Crippen LogP contribution in [-0.4, -0.2) is 27.6 Å². The number of nitrogens with zero attached hydrogens (tertiary/aromatic N) is 1. The lowest BCUT2D eigenvalue weighted by molar-refractivity contribution is 0.0940. The summed E-state index contributed by atoms with van der Waals surface area (Å²) in [6.07, 6.45) is 1.10. The molecule has 0 bridgehead atoms. The lowest BCUT2D eigenvalue weighted by atomic mass is 10.00. The van der Waals surface area contributed by atoms with Crippen molar-refractivity contribution in [3.05, 3.63) is 63.7 Å². The van der Waals surface area contributed by atoms with Gasteiger partial charge in [0.05, 0.1) is 28.6 Å². The molecule has 0 heterocycles. The SMILES string of the molecule is Cc1ccc([C@H](C)NC(=O)c2cc(N(C)S(C)(=O)=O)ccc2Cl)c(C)c1. The Morgan fingerprint density at radius 2 is 1.81 bits per heavy atom. The number of sulfonamides is 1. The number of amides is 1. The third kappa shape index (κ3) is 4.56. The van der Waals surface area contributed by atoms with E-state index in [1.165, 1.54) is 19.2 Å². The standard InChI is InChI=1S/C19H23ClN2O3S/c1-12-6-8-16(13(2)10-12)14(3)21-19(23)17-11-15(7-9-18(17)20)22(4)26(5,24)25/h6-11,14H,1-5H3,(H,21,23)/t14-/m0/s1. The summed E-state index contributed by atoms with van der Waals surface area (Å²) in [5.41, 5.74) is 3.88. The number of carbonyl (C=O) groups excluding carboxylic acids is 1. The number of hydrogen-bond donors (Lipinski definition) is 1. The quantitative estimate of drug-likeness (QED) is 0.837. The van der Waals surface area contributed by atoms with E-state index < -0.39 is 10.0 Å². The van der Waals surface area contributed by atoms with Gasteiger partial charge in [-0.3, -0.25) is 9.10 Å². The molecule has 2 aromatic carbocycles. The summed E-state index contributed by atoms with van der Waals surface area (Å²) >= 11 is 6.16. The van der Waals surface area contributed by atoms with Crippen LogP contribution >= 0.6 is 11.6 Å². The lowest BCUT2D eigenvalue weighted by Crippen LogP contribution is -2.28. The van der Waals surface area contributed by atoms with Gasteiger partial charge in [-0.1, -0.05) is 35.4 Å². The molecule has 0 aliphatic heterocycles. The maximum absolute atomic E-state index is 12.7. The maximum Gasteiger partial charge on any atom is 0.253 e. The van der Waals surface area contributed by atoms with E-state index in [1.54, 1.807) is 6.07 Å². The minimum absolute atomic E-state index is 0.213. The van der Waals surface area contributed by atoms with Crippen LogP contribution in [0.15, 0.2) is 36.4 Å². The van der Waals surface area contributed by atoms with Crippen molar-refractivity contribution in [3.8, 4) is 0 Å². The smallest absolute Gasteiger partial charge is 0.253 e. The molecule has 0 saturated heterocycles. The van der Waals surface area contributed by atoms with E-state index in [0.29, 0.717) is 5.69 Å². The van der Waals surface area contributed by atoms with Crippen LogP contribution in [0.3, 0.4) is 0 Å². The van der Waals surface area contributed by atoms with E-state index in [2.05, 4.69) is 11.4 Å². The zero-order chi connectivity index (χ0) is 19.6. The van der Waals surface area contributed by atoms with Crippen molar-refractivity contribution in [3.63, 3.8) is 0 Å². The van der Waals surface area contributed by atoms with Gasteiger partial charge in [0.2, 0.25) is 10.0 Å². The Bertz CT molecular complexity index is 942. The first kappa shape index (κ1) is 20.3. The lowest BCUT2D eigenvalue weighted by Gasteiger charge is -2.20. The molecule has 5 nitrogen and oxygen atoms in total. The Hall–Kier alpha value is -2.05. The monoisotopic (exact) mass is 394 g/mol. The van der Waals surface area contributed by atoms with Crippen molar-refractivity contribution >= 4 is 33.2 Å². The molecule has 0 aliphatic rings. The second kappa shape index (κ2) is 7.68. The van der Waals surface area contributed by atoms with E-state index in [4.69, 9.17) is 11.6 Å². The molecule has 2 rings (SSSR count). The Balaban J connectivity index is 2.29. The molecule has 0 unspecified atom stereocenters. The van der Waals surface area contributed by atoms with E-state index >= 15 is 0 Å². The maximum atomic E-state index is 12.7. The number of halogens is 1. The molecule has 0 saturated carbocycles. The summed E-state index contributed by atoms with van der Waals surface area (Å²) in [5, 5.41) is 3.19. The number of anilines is 1. The van der Waals surface area contributed by atoms with Gasteiger partial charge in [0.15, 0.2) is 0 Å². The second-order valence-corrected chi connectivity index (χ2v) is 8.87. The summed E-state index contributed by atoms with van der Waals surface area (Å²) in [5.74, 6) is -0.355. The van der Waals surface area contributed by atoms with Crippen LogP contribution in [0.25, 0.3) is 0 Å². The fourth-order valence-electron chi connectivity index (χ4n) is 2.74. The van der Waals surface area contributed by atoms with Crippen molar-refractivity contribution in [2.75, 3.05) is 17.6 Å². The topological polar surface area (TPSA) is 66.5 Å². The van der Waals surface area contributed by atoms with E-state index in [1.807, 2.05) is 32.9 Å².